The first-order chi connectivity index (χ1) is 10.1. The van der Waals surface area contributed by atoms with Gasteiger partial charge >= 0.3 is 0 Å². The lowest BCUT2D eigenvalue weighted by Crippen LogP contribution is -2.27. The monoisotopic (exact) mass is 317 g/mol. The molecule has 2 rings (SSSR count). The molecule has 1 saturated carbocycles. The molecule has 118 valence electrons. The van der Waals surface area contributed by atoms with Gasteiger partial charge < -0.3 is 15.2 Å². The molecule has 1 aromatic rings. The number of anilines is 1. The van der Waals surface area contributed by atoms with Crippen molar-refractivity contribution in [3.05, 3.63) is 24.3 Å². The zero-order valence-electron chi connectivity index (χ0n) is 11.8. The lowest BCUT2D eigenvalue weighted by molar-refractivity contribution is -0.00118. The van der Waals surface area contributed by atoms with Gasteiger partial charge in [0, 0.05) is 17.1 Å². The van der Waals surface area contributed by atoms with Gasteiger partial charge in [-0.1, -0.05) is 36.7 Å². The van der Waals surface area contributed by atoms with Crippen LogP contribution in [0.5, 0.6) is 0 Å². The summed E-state index contributed by atoms with van der Waals surface area (Å²) in [5.74, 6) is -2.46. The van der Waals surface area contributed by atoms with Gasteiger partial charge in [0.15, 0.2) is 0 Å². The molecule has 1 aromatic carbocycles. The van der Waals surface area contributed by atoms with Crippen molar-refractivity contribution < 1.29 is 18.6 Å². The third-order valence-corrected chi connectivity index (χ3v) is 4.25. The van der Waals surface area contributed by atoms with E-state index in [-0.39, 0.29) is 19.3 Å². The molecule has 1 unspecified atom stereocenters. The van der Waals surface area contributed by atoms with Crippen molar-refractivity contribution in [2.75, 3.05) is 18.5 Å². The first-order valence-electron chi connectivity index (χ1n) is 7.22. The Balaban J connectivity index is 1.76. The van der Waals surface area contributed by atoms with Gasteiger partial charge in [-0.15, -0.1) is 0 Å². The molecule has 21 heavy (non-hydrogen) atoms. The second kappa shape index (κ2) is 8.56. The Kier molecular flexibility index (Phi) is 6.73. The average Bonchev–Trinajstić information content (AvgIpc) is 2.97. The summed E-state index contributed by atoms with van der Waals surface area (Å²) in [5, 5.41) is 12.9. The van der Waals surface area contributed by atoms with Crippen LogP contribution in [0.2, 0.25) is 0 Å². The summed E-state index contributed by atoms with van der Waals surface area (Å²) in [7, 11) is 0. The van der Waals surface area contributed by atoms with E-state index >= 15 is 0 Å². The number of aliphatic hydroxyl groups is 1. The van der Waals surface area contributed by atoms with Crippen LogP contribution in [0.3, 0.4) is 0 Å². The van der Waals surface area contributed by atoms with Crippen LogP contribution in [0.4, 0.5) is 14.5 Å². The van der Waals surface area contributed by atoms with E-state index in [1.54, 1.807) is 24.3 Å². The zero-order chi connectivity index (χ0) is 15.1. The SMILES string of the molecule is OC(CNc1ccccc1SC(F)F)COC1CCCC1. The summed E-state index contributed by atoms with van der Waals surface area (Å²) in [5.41, 5.74) is 0.614. The largest absolute Gasteiger partial charge is 0.389 e. The van der Waals surface area contributed by atoms with Gasteiger partial charge in [-0.05, 0) is 25.0 Å². The van der Waals surface area contributed by atoms with Crippen molar-refractivity contribution in [2.24, 2.45) is 0 Å². The van der Waals surface area contributed by atoms with Gasteiger partial charge in [0.25, 0.3) is 5.76 Å². The Morgan fingerprint density at radius 2 is 2.00 bits per heavy atom. The molecule has 0 bridgehead atoms. The van der Waals surface area contributed by atoms with Crippen LogP contribution >= 0.6 is 11.8 Å². The first-order valence-corrected chi connectivity index (χ1v) is 8.10. The quantitative estimate of drug-likeness (QED) is 0.717. The molecule has 6 heteroatoms. The van der Waals surface area contributed by atoms with E-state index in [1.165, 1.54) is 12.8 Å². The molecule has 0 heterocycles. The third-order valence-electron chi connectivity index (χ3n) is 3.46. The highest BCUT2D eigenvalue weighted by Crippen LogP contribution is 2.31. The number of aliphatic hydroxyl groups excluding tert-OH is 1. The number of thioether (sulfide) groups is 1. The van der Waals surface area contributed by atoms with Gasteiger partial charge in [-0.2, -0.15) is 8.78 Å². The van der Waals surface area contributed by atoms with Gasteiger partial charge in [0.05, 0.1) is 18.8 Å². The molecule has 1 aliphatic rings. The summed E-state index contributed by atoms with van der Waals surface area (Å²) in [6.07, 6.45) is 4.13. The second-order valence-electron chi connectivity index (χ2n) is 5.15. The molecule has 0 radical (unpaired) electrons. The fourth-order valence-electron chi connectivity index (χ4n) is 2.40. The molecule has 1 atom stereocenters. The summed E-state index contributed by atoms with van der Waals surface area (Å²) in [4.78, 5) is 0.483. The van der Waals surface area contributed by atoms with Gasteiger partial charge in [-0.25, -0.2) is 0 Å². The molecule has 2 N–H and O–H groups in total. The van der Waals surface area contributed by atoms with Crippen molar-refractivity contribution >= 4 is 17.4 Å². The number of nitrogens with one attached hydrogen (secondary N) is 1. The van der Waals surface area contributed by atoms with E-state index in [0.717, 1.165) is 12.8 Å². The lowest BCUT2D eigenvalue weighted by Gasteiger charge is -2.17. The number of halogens is 2. The first kappa shape index (κ1) is 16.5. The Morgan fingerprint density at radius 3 is 2.71 bits per heavy atom. The number of alkyl halides is 2. The van der Waals surface area contributed by atoms with Crippen molar-refractivity contribution in [2.45, 2.75) is 48.5 Å². The molecule has 0 saturated heterocycles. The molecule has 0 spiro atoms. The molecule has 1 fully saturated rings. The lowest BCUT2D eigenvalue weighted by atomic mass is 10.3. The van der Waals surface area contributed by atoms with Crippen molar-refractivity contribution in [3.63, 3.8) is 0 Å². The maximum absolute atomic E-state index is 12.5. The number of rotatable bonds is 8. The summed E-state index contributed by atoms with van der Waals surface area (Å²) in [6, 6.07) is 6.87. The molecule has 1 aliphatic carbocycles. The van der Waals surface area contributed by atoms with E-state index in [2.05, 4.69) is 5.32 Å². The van der Waals surface area contributed by atoms with Crippen LogP contribution in [0, 0.1) is 0 Å². The van der Waals surface area contributed by atoms with E-state index in [1.807, 2.05) is 0 Å². The summed E-state index contributed by atoms with van der Waals surface area (Å²) in [6.45, 7) is 0.565. The fraction of sp³-hybridized carbons (Fsp3) is 0.600. The molecular formula is C15H21F2NO2S. The Labute approximate surface area is 128 Å². The predicted molar refractivity (Wildman–Crippen MR) is 81.0 cm³/mol. The highest BCUT2D eigenvalue weighted by Gasteiger charge is 2.17. The van der Waals surface area contributed by atoms with Crippen molar-refractivity contribution in [3.8, 4) is 0 Å². The Morgan fingerprint density at radius 1 is 1.29 bits per heavy atom. The minimum absolute atomic E-state index is 0.265. The fourth-order valence-corrected chi connectivity index (χ4v) is 3.02. The highest BCUT2D eigenvalue weighted by molar-refractivity contribution is 7.99. The molecular weight excluding hydrogens is 296 g/mol. The molecule has 0 aliphatic heterocycles. The minimum Gasteiger partial charge on any atom is -0.389 e. The maximum Gasteiger partial charge on any atom is 0.288 e. The topological polar surface area (TPSA) is 41.5 Å². The number of para-hydroxylation sites is 1. The van der Waals surface area contributed by atoms with Crippen LogP contribution in [-0.4, -0.2) is 36.2 Å². The second-order valence-corrected chi connectivity index (χ2v) is 6.18. The van der Waals surface area contributed by atoms with Crippen LogP contribution in [0.1, 0.15) is 25.7 Å². The van der Waals surface area contributed by atoms with E-state index in [4.69, 9.17) is 4.74 Å². The number of benzene rings is 1. The van der Waals surface area contributed by atoms with Crippen LogP contribution in [0.25, 0.3) is 0 Å². The normalized spacial score (nSPS) is 17.3. The molecule has 3 nitrogen and oxygen atoms in total. The average molecular weight is 317 g/mol. The van der Waals surface area contributed by atoms with E-state index in [0.29, 0.717) is 22.3 Å². The van der Waals surface area contributed by atoms with Gasteiger partial charge in [0.1, 0.15) is 0 Å². The summed E-state index contributed by atoms with van der Waals surface area (Å²) >= 11 is 0.502. The molecule has 0 aromatic heterocycles. The number of hydrogen-bond donors (Lipinski definition) is 2. The smallest absolute Gasteiger partial charge is 0.288 e. The Bertz CT molecular complexity index is 428. The summed E-state index contributed by atoms with van der Waals surface area (Å²) < 4.78 is 30.6. The Hall–Kier alpha value is -0.850. The highest BCUT2D eigenvalue weighted by atomic mass is 32.2. The van der Waals surface area contributed by atoms with Crippen LogP contribution < -0.4 is 5.32 Å². The van der Waals surface area contributed by atoms with Crippen molar-refractivity contribution in [1.82, 2.24) is 0 Å². The number of ether oxygens (including phenoxy) is 1. The molecule has 0 amide bonds. The zero-order valence-corrected chi connectivity index (χ0v) is 12.6. The van der Waals surface area contributed by atoms with Crippen LogP contribution in [0.15, 0.2) is 29.2 Å². The van der Waals surface area contributed by atoms with E-state index in [9.17, 15) is 13.9 Å². The maximum atomic E-state index is 12.5. The van der Waals surface area contributed by atoms with Gasteiger partial charge in [0.2, 0.25) is 0 Å². The van der Waals surface area contributed by atoms with E-state index < -0.39 is 11.9 Å². The van der Waals surface area contributed by atoms with Crippen LogP contribution in [-0.2, 0) is 4.74 Å². The third kappa shape index (κ3) is 5.80. The predicted octanol–water partition coefficient (Wildman–Crippen LogP) is 3.73. The number of hydrogen-bond acceptors (Lipinski definition) is 4. The standard InChI is InChI=1S/C15H21F2NO2S/c16-15(17)21-14-8-4-3-7-13(14)18-9-11(19)10-20-12-5-1-2-6-12/h3-4,7-8,11-12,15,18-19H,1-2,5-6,9-10H2. The van der Waals surface area contributed by atoms with Crippen molar-refractivity contribution in [1.29, 1.82) is 0 Å². The minimum atomic E-state index is -2.46. The van der Waals surface area contributed by atoms with Gasteiger partial charge in [-0.3, -0.25) is 0 Å².